The highest BCUT2D eigenvalue weighted by Crippen LogP contribution is 2.33. The van der Waals surface area contributed by atoms with Gasteiger partial charge >= 0.3 is 5.97 Å². The van der Waals surface area contributed by atoms with Gasteiger partial charge in [-0.1, -0.05) is 37.6 Å². The van der Waals surface area contributed by atoms with E-state index in [1.807, 2.05) is 31.2 Å². The Labute approximate surface area is 119 Å². The van der Waals surface area contributed by atoms with E-state index in [9.17, 15) is 9.90 Å². The van der Waals surface area contributed by atoms with E-state index < -0.39 is 5.97 Å². The lowest BCUT2D eigenvalue weighted by Gasteiger charge is -2.27. The summed E-state index contributed by atoms with van der Waals surface area (Å²) in [6, 6.07) is 8.15. The summed E-state index contributed by atoms with van der Waals surface area (Å²) in [5.41, 5.74) is 1.21. The first-order valence-corrected chi connectivity index (χ1v) is 7.13. The van der Waals surface area contributed by atoms with Gasteiger partial charge in [0.05, 0.1) is 5.92 Å². The molecule has 3 nitrogen and oxygen atoms in total. The Balaban J connectivity index is 2.15. The molecule has 1 aromatic carbocycles. The summed E-state index contributed by atoms with van der Waals surface area (Å²) in [5.74, 6) is -0.721. The van der Waals surface area contributed by atoms with Crippen molar-refractivity contribution in [3.63, 3.8) is 0 Å². The zero-order valence-electron chi connectivity index (χ0n) is 11.3. The van der Waals surface area contributed by atoms with Crippen LogP contribution >= 0.6 is 11.6 Å². The van der Waals surface area contributed by atoms with Gasteiger partial charge in [-0.2, -0.15) is 0 Å². The van der Waals surface area contributed by atoms with Crippen LogP contribution in [0.5, 0.6) is 0 Å². The molecule has 104 valence electrons. The summed E-state index contributed by atoms with van der Waals surface area (Å²) in [6.45, 7) is 5.64. The number of carbonyl (C=O) groups is 1. The average Bonchev–Trinajstić information content (AvgIpc) is 2.75. The van der Waals surface area contributed by atoms with Crippen LogP contribution in [0.15, 0.2) is 24.3 Å². The number of benzene rings is 1. The minimum absolute atomic E-state index is 0.207. The molecule has 1 saturated heterocycles. The Kier molecular flexibility index (Phi) is 4.48. The highest BCUT2D eigenvalue weighted by atomic mass is 35.5. The number of carboxylic acid groups (broad SMARTS) is 1. The van der Waals surface area contributed by atoms with E-state index in [1.54, 1.807) is 0 Å². The van der Waals surface area contributed by atoms with Crippen LogP contribution in [0.25, 0.3) is 0 Å². The molecule has 1 aliphatic heterocycles. The third kappa shape index (κ3) is 3.10. The van der Waals surface area contributed by atoms with E-state index >= 15 is 0 Å². The molecule has 4 heteroatoms. The highest BCUT2D eigenvalue weighted by molar-refractivity contribution is 6.30. The molecule has 1 heterocycles. The molecular formula is C15H20ClNO2. The zero-order chi connectivity index (χ0) is 14.0. The molecule has 0 radical (unpaired) electrons. The van der Waals surface area contributed by atoms with Gasteiger partial charge in [0.1, 0.15) is 0 Å². The molecule has 1 N–H and O–H groups in total. The molecular weight excluding hydrogens is 262 g/mol. The van der Waals surface area contributed by atoms with E-state index in [0.717, 1.165) is 18.0 Å². The number of aliphatic carboxylic acids is 1. The van der Waals surface area contributed by atoms with Crippen molar-refractivity contribution in [1.82, 2.24) is 4.90 Å². The van der Waals surface area contributed by atoms with E-state index in [0.29, 0.717) is 6.54 Å². The molecule has 0 aromatic heterocycles. The van der Waals surface area contributed by atoms with E-state index in [1.165, 1.54) is 5.56 Å². The molecule has 1 aromatic rings. The maximum Gasteiger partial charge on any atom is 0.308 e. The summed E-state index contributed by atoms with van der Waals surface area (Å²) >= 11 is 5.92. The van der Waals surface area contributed by atoms with Gasteiger partial charge in [0.2, 0.25) is 0 Å². The monoisotopic (exact) mass is 281 g/mol. The Morgan fingerprint density at radius 1 is 1.42 bits per heavy atom. The predicted octanol–water partition coefficient (Wildman–Crippen LogP) is 3.44. The molecule has 1 aliphatic rings. The first kappa shape index (κ1) is 14.4. The number of likely N-dealkylation sites (tertiary alicyclic amines) is 1. The summed E-state index contributed by atoms with van der Waals surface area (Å²) < 4.78 is 0. The summed E-state index contributed by atoms with van der Waals surface area (Å²) in [7, 11) is 0. The van der Waals surface area contributed by atoms with E-state index in [2.05, 4.69) is 11.8 Å². The van der Waals surface area contributed by atoms with Crippen LogP contribution in [0.3, 0.4) is 0 Å². The molecule has 2 rings (SSSR count). The molecule has 3 atom stereocenters. The van der Waals surface area contributed by atoms with Gasteiger partial charge in [0.25, 0.3) is 0 Å². The van der Waals surface area contributed by atoms with Crippen LogP contribution in [0.1, 0.15) is 31.9 Å². The molecule has 0 spiro atoms. The molecule has 19 heavy (non-hydrogen) atoms. The first-order valence-electron chi connectivity index (χ1n) is 6.75. The van der Waals surface area contributed by atoms with Crippen molar-refractivity contribution < 1.29 is 9.90 Å². The normalized spacial score (nSPS) is 25.4. The van der Waals surface area contributed by atoms with Crippen LogP contribution in [0.2, 0.25) is 5.02 Å². The second kappa shape index (κ2) is 5.93. The Morgan fingerprint density at radius 2 is 2.05 bits per heavy atom. The van der Waals surface area contributed by atoms with Crippen molar-refractivity contribution in [2.24, 2.45) is 11.8 Å². The summed E-state index contributed by atoms with van der Waals surface area (Å²) in [6.07, 6.45) is 0.973. The molecule has 0 aliphatic carbocycles. The van der Waals surface area contributed by atoms with Crippen LogP contribution < -0.4 is 0 Å². The van der Waals surface area contributed by atoms with Gasteiger partial charge in [-0.25, -0.2) is 0 Å². The third-order valence-corrected chi connectivity index (χ3v) is 4.29. The number of halogens is 1. The molecule has 3 unspecified atom stereocenters. The van der Waals surface area contributed by atoms with Crippen molar-refractivity contribution in [3.8, 4) is 0 Å². The lowest BCUT2D eigenvalue weighted by molar-refractivity contribution is -0.142. The Morgan fingerprint density at radius 3 is 2.53 bits per heavy atom. The van der Waals surface area contributed by atoms with Crippen molar-refractivity contribution >= 4 is 17.6 Å². The maximum absolute atomic E-state index is 11.2. The Hall–Kier alpha value is -1.06. The SMILES string of the molecule is CCC(c1ccc(Cl)cc1)N1CC(C)C(C(=O)O)C1. The largest absolute Gasteiger partial charge is 0.481 e. The van der Waals surface area contributed by atoms with Crippen LogP contribution in [-0.2, 0) is 4.79 Å². The van der Waals surface area contributed by atoms with Crippen LogP contribution in [-0.4, -0.2) is 29.1 Å². The third-order valence-electron chi connectivity index (χ3n) is 4.04. The standard InChI is InChI=1S/C15H20ClNO2/c1-3-14(11-4-6-12(16)7-5-11)17-8-10(2)13(9-17)15(18)19/h4-7,10,13-14H,3,8-9H2,1-2H3,(H,18,19). The maximum atomic E-state index is 11.2. The molecule has 0 saturated carbocycles. The first-order chi connectivity index (χ1) is 9.02. The number of hydrogen-bond donors (Lipinski definition) is 1. The zero-order valence-corrected chi connectivity index (χ0v) is 12.1. The van der Waals surface area contributed by atoms with Crippen molar-refractivity contribution in [3.05, 3.63) is 34.9 Å². The number of carboxylic acids is 1. The number of hydrogen-bond acceptors (Lipinski definition) is 2. The second-order valence-electron chi connectivity index (χ2n) is 5.35. The van der Waals surface area contributed by atoms with Crippen molar-refractivity contribution in [2.75, 3.05) is 13.1 Å². The van der Waals surface area contributed by atoms with Crippen molar-refractivity contribution in [1.29, 1.82) is 0 Å². The quantitative estimate of drug-likeness (QED) is 0.919. The topological polar surface area (TPSA) is 40.5 Å². The fourth-order valence-corrected chi connectivity index (χ4v) is 3.10. The molecule has 1 fully saturated rings. The summed E-state index contributed by atoms with van der Waals surface area (Å²) in [5, 5.41) is 9.95. The van der Waals surface area contributed by atoms with Crippen LogP contribution in [0.4, 0.5) is 0 Å². The Bertz CT molecular complexity index is 446. The average molecular weight is 282 g/mol. The second-order valence-corrected chi connectivity index (χ2v) is 5.79. The van der Waals surface area contributed by atoms with Gasteiger partial charge in [0.15, 0.2) is 0 Å². The molecule has 0 amide bonds. The number of nitrogens with zero attached hydrogens (tertiary/aromatic N) is 1. The van der Waals surface area contributed by atoms with Gasteiger partial charge < -0.3 is 5.11 Å². The van der Waals surface area contributed by atoms with E-state index in [4.69, 9.17) is 11.6 Å². The highest BCUT2D eigenvalue weighted by Gasteiger charge is 2.37. The minimum Gasteiger partial charge on any atom is -0.481 e. The van der Waals surface area contributed by atoms with Gasteiger partial charge in [-0.15, -0.1) is 0 Å². The van der Waals surface area contributed by atoms with Gasteiger partial charge in [-0.3, -0.25) is 9.69 Å². The molecule has 0 bridgehead atoms. The van der Waals surface area contributed by atoms with Gasteiger partial charge in [-0.05, 0) is 30.0 Å². The fourth-order valence-electron chi connectivity index (χ4n) is 2.97. The smallest absolute Gasteiger partial charge is 0.308 e. The minimum atomic E-state index is -0.680. The fraction of sp³-hybridized carbons (Fsp3) is 0.533. The van der Waals surface area contributed by atoms with Gasteiger partial charge in [0, 0.05) is 24.2 Å². The van der Waals surface area contributed by atoms with Crippen LogP contribution in [0, 0.1) is 11.8 Å². The van der Waals surface area contributed by atoms with E-state index in [-0.39, 0.29) is 17.9 Å². The summed E-state index contributed by atoms with van der Waals surface area (Å²) in [4.78, 5) is 13.5. The lowest BCUT2D eigenvalue weighted by Crippen LogP contribution is -2.27. The lowest BCUT2D eigenvalue weighted by atomic mass is 9.99. The predicted molar refractivity (Wildman–Crippen MR) is 76.3 cm³/mol. The van der Waals surface area contributed by atoms with Crippen molar-refractivity contribution in [2.45, 2.75) is 26.3 Å². The number of rotatable bonds is 4.